The number of rotatable bonds is 3. The molecular weight excluding hydrogens is 154 g/mol. The molecule has 0 aliphatic heterocycles. The van der Waals surface area contributed by atoms with Crippen molar-refractivity contribution in [2.45, 2.75) is 5.03 Å². The molecule has 0 atom stereocenters. The van der Waals surface area contributed by atoms with E-state index in [0.29, 0.717) is 0 Å². The molecule has 0 aliphatic carbocycles. The minimum Gasteiger partial charge on any atom is -0.250 e. The molecule has 1 aromatic heterocycles. The van der Waals surface area contributed by atoms with Gasteiger partial charge >= 0.3 is 0 Å². The van der Waals surface area contributed by atoms with Gasteiger partial charge in [-0.1, -0.05) is 12.1 Å². The van der Waals surface area contributed by atoms with Crippen molar-refractivity contribution < 1.29 is 0 Å². The molecule has 0 amide bonds. The first-order chi connectivity index (χ1) is 5.34. The van der Waals surface area contributed by atoms with E-state index in [-0.39, 0.29) is 0 Å². The summed E-state index contributed by atoms with van der Waals surface area (Å²) in [5, 5.41) is 0.993. The number of pyridine rings is 1. The van der Waals surface area contributed by atoms with E-state index in [1.807, 2.05) is 18.2 Å². The van der Waals surface area contributed by atoms with Gasteiger partial charge in [0.1, 0.15) is 0 Å². The van der Waals surface area contributed by atoms with Crippen molar-refractivity contribution in [3.63, 3.8) is 0 Å². The lowest BCUT2D eigenvalue weighted by molar-refractivity contribution is 1.11. The Hall–Kier alpha value is -0.760. The third-order valence-corrected chi connectivity index (χ3v) is 2.23. The second kappa shape index (κ2) is 4.19. The molecule has 0 saturated heterocycles. The van der Waals surface area contributed by atoms with E-state index in [1.165, 1.54) is 0 Å². The molecule has 0 aromatic carbocycles. The van der Waals surface area contributed by atoms with E-state index in [4.69, 9.17) is 0 Å². The Labute approximate surface area is 71.5 Å². The summed E-state index contributed by atoms with van der Waals surface area (Å²) in [6, 6.07) is 3.85. The molecule has 0 bridgehead atoms. The first-order valence-electron chi connectivity index (χ1n) is 3.35. The Morgan fingerprint density at radius 3 is 3.09 bits per heavy atom. The van der Waals surface area contributed by atoms with Crippen molar-refractivity contribution in [2.24, 2.45) is 0 Å². The van der Waals surface area contributed by atoms with Crippen LogP contribution in [0.3, 0.4) is 0 Å². The maximum Gasteiger partial charge on any atom is 0.0994 e. The molecule has 0 N–H and O–H groups in total. The average molecular weight is 164 g/mol. The van der Waals surface area contributed by atoms with Crippen LogP contribution in [-0.4, -0.2) is 10.7 Å². The summed E-state index contributed by atoms with van der Waals surface area (Å²) in [5.74, 6) is 0.888. The Morgan fingerprint density at radius 1 is 1.64 bits per heavy atom. The van der Waals surface area contributed by atoms with Crippen LogP contribution in [0.2, 0.25) is 0 Å². The smallest absolute Gasteiger partial charge is 0.0994 e. The van der Waals surface area contributed by atoms with Crippen LogP contribution < -0.4 is 0 Å². The van der Waals surface area contributed by atoms with E-state index in [0.717, 1.165) is 16.3 Å². The number of nitrogens with zero attached hydrogens (tertiary/aromatic N) is 1. The van der Waals surface area contributed by atoms with Gasteiger partial charge in [0.15, 0.2) is 0 Å². The highest BCUT2D eigenvalue weighted by Crippen LogP contribution is 2.18. The predicted octanol–water partition coefficient (Wildman–Crippen LogP) is 2.54. The van der Waals surface area contributed by atoms with Crippen molar-refractivity contribution in [2.75, 3.05) is 5.75 Å². The highest BCUT2D eigenvalue weighted by Gasteiger charge is 1.95. The summed E-state index contributed by atoms with van der Waals surface area (Å²) in [7, 11) is 0. The second-order valence-electron chi connectivity index (χ2n) is 2.07. The van der Waals surface area contributed by atoms with Crippen LogP contribution in [0, 0.1) is 6.92 Å². The van der Waals surface area contributed by atoms with Gasteiger partial charge in [0, 0.05) is 11.9 Å². The normalized spacial score (nSPS) is 9.55. The number of hydrogen-bond acceptors (Lipinski definition) is 2. The van der Waals surface area contributed by atoms with E-state index < -0.39 is 0 Å². The molecular formula is C9H10NS. The minimum absolute atomic E-state index is 0.888. The molecule has 11 heavy (non-hydrogen) atoms. The zero-order chi connectivity index (χ0) is 8.10. The molecule has 2 heteroatoms. The SMILES string of the molecule is [CH2]c1cccnc1SCC=C. The van der Waals surface area contributed by atoms with Crippen LogP contribution in [0.4, 0.5) is 0 Å². The maximum absolute atomic E-state index is 4.17. The van der Waals surface area contributed by atoms with Crippen LogP contribution >= 0.6 is 11.8 Å². The Balaban J connectivity index is 2.69. The molecule has 0 saturated carbocycles. The first kappa shape index (κ1) is 8.34. The summed E-state index contributed by atoms with van der Waals surface area (Å²) >= 11 is 1.66. The van der Waals surface area contributed by atoms with Gasteiger partial charge in [-0.25, -0.2) is 4.98 Å². The van der Waals surface area contributed by atoms with E-state index in [2.05, 4.69) is 18.5 Å². The fourth-order valence-electron chi connectivity index (χ4n) is 0.692. The van der Waals surface area contributed by atoms with Crippen LogP contribution in [0.1, 0.15) is 5.56 Å². The third kappa shape index (κ3) is 2.39. The quantitative estimate of drug-likeness (QED) is 0.503. The molecule has 1 radical (unpaired) electrons. The van der Waals surface area contributed by atoms with Crippen molar-refractivity contribution in [1.29, 1.82) is 0 Å². The molecule has 57 valence electrons. The van der Waals surface area contributed by atoms with Crippen molar-refractivity contribution in [3.8, 4) is 0 Å². The highest BCUT2D eigenvalue weighted by molar-refractivity contribution is 7.99. The monoisotopic (exact) mass is 164 g/mol. The summed E-state index contributed by atoms with van der Waals surface area (Å²) in [6.07, 6.45) is 3.64. The summed E-state index contributed by atoms with van der Waals surface area (Å²) < 4.78 is 0. The Bertz CT molecular complexity index is 245. The van der Waals surface area contributed by atoms with Crippen LogP contribution in [0.25, 0.3) is 0 Å². The average Bonchev–Trinajstić information content (AvgIpc) is 2.03. The largest absolute Gasteiger partial charge is 0.250 e. The van der Waals surface area contributed by atoms with Crippen LogP contribution in [0.5, 0.6) is 0 Å². The van der Waals surface area contributed by atoms with Crippen molar-refractivity contribution >= 4 is 11.8 Å². The molecule has 1 nitrogen and oxygen atoms in total. The van der Waals surface area contributed by atoms with Gasteiger partial charge in [-0.2, -0.15) is 0 Å². The Morgan fingerprint density at radius 2 is 2.45 bits per heavy atom. The van der Waals surface area contributed by atoms with Gasteiger partial charge < -0.3 is 0 Å². The summed E-state index contributed by atoms with van der Waals surface area (Å²) in [6.45, 7) is 7.49. The predicted molar refractivity (Wildman–Crippen MR) is 49.6 cm³/mol. The fraction of sp³-hybridized carbons (Fsp3) is 0.111. The standard InChI is InChI=1S/C9H10NS/c1-3-7-11-9-8(2)5-4-6-10-9/h3-6H,1-2,7H2. The molecule has 0 aliphatic rings. The van der Waals surface area contributed by atoms with Crippen molar-refractivity contribution in [1.82, 2.24) is 4.98 Å². The minimum atomic E-state index is 0.888. The van der Waals surface area contributed by atoms with E-state index in [1.54, 1.807) is 18.0 Å². The third-order valence-electron chi connectivity index (χ3n) is 1.19. The van der Waals surface area contributed by atoms with Gasteiger partial charge in [-0.05, 0) is 18.6 Å². The Kier molecular flexibility index (Phi) is 3.17. The van der Waals surface area contributed by atoms with E-state index in [9.17, 15) is 0 Å². The molecule has 1 rings (SSSR count). The highest BCUT2D eigenvalue weighted by atomic mass is 32.2. The molecule has 1 heterocycles. The number of hydrogen-bond donors (Lipinski definition) is 0. The molecule has 0 fully saturated rings. The summed E-state index contributed by atoms with van der Waals surface area (Å²) in [4.78, 5) is 4.17. The second-order valence-corrected chi connectivity index (χ2v) is 3.08. The maximum atomic E-state index is 4.17. The van der Waals surface area contributed by atoms with Crippen LogP contribution in [0.15, 0.2) is 36.0 Å². The van der Waals surface area contributed by atoms with Gasteiger partial charge in [-0.3, -0.25) is 0 Å². The first-order valence-corrected chi connectivity index (χ1v) is 4.34. The number of aromatic nitrogens is 1. The van der Waals surface area contributed by atoms with Gasteiger partial charge in [0.25, 0.3) is 0 Å². The van der Waals surface area contributed by atoms with Gasteiger partial charge in [0.05, 0.1) is 5.03 Å². The molecule has 1 aromatic rings. The lowest BCUT2D eigenvalue weighted by Gasteiger charge is -1.99. The summed E-state index contributed by atoms with van der Waals surface area (Å²) in [5.41, 5.74) is 0.986. The lowest BCUT2D eigenvalue weighted by Crippen LogP contribution is -1.83. The zero-order valence-corrected chi connectivity index (χ0v) is 7.10. The number of thioether (sulfide) groups is 1. The molecule has 0 spiro atoms. The van der Waals surface area contributed by atoms with Crippen molar-refractivity contribution in [3.05, 3.63) is 43.5 Å². The van der Waals surface area contributed by atoms with Gasteiger partial charge in [0.2, 0.25) is 0 Å². The van der Waals surface area contributed by atoms with E-state index >= 15 is 0 Å². The fourth-order valence-corrected chi connectivity index (χ4v) is 1.36. The lowest BCUT2D eigenvalue weighted by atomic mass is 10.3. The topological polar surface area (TPSA) is 12.9 Å². The molecule has 0 unspecified atom stereocenters. The zero-order valence-electron chi connectivity index (χ0n) is 6.29. The van der Waals surface area contributed by atoms with Crippen LogP contribution in [-0.2, 0) is 0 Å². The van der Waals surface area contributed by atoms with Gasteiger partial charge in [-0.15, -0.1) is 18.3 Å².